The number of likely N-dealkylation sites (N-methyl/N-ethyl adjacent to an activating group) is 2. The lowest BCUT2D eigenvalue weighted by Gasteiger charge is -2.23. The number of hydrogen-bond donors (Lipinski definition) is 4. The van der Waals surface area contributed by atoms with E-state index in [-0.39, 0.29) is 31.8 Å². The summed E-state index contributed by atoms with van der Waals surface area (Å²) in [7, 11) is 0. The summed E-state index contributed by atoms with van der Waals surface area (Å²) in [5, 5.41) is 13.8. The van der Waals surface area contributed by atoms with E-state index in [1.807, 2.05) is 0 Å². The monoisotopic (exact) mass is 302 g/mol. The fourth-order valence-electron chi connectivity index (χ4n) is 1.54. The topological polar surface area (TPSA) is 142 Å². The van der Waals surface area contributed by atoms with Crippen LogP contribution >= 0.6 is 0 Å². The molecule has 1 atom stereocenters. The normalized spacial score (nSPS) is 11.3. The summed E-state index contributed by atoms with van der Waals surface area (Å²) < 4.78 is 0. The van der Waals surface area contributed by atoms with Gasteiger partial charge in [-0.05, 0) is 20.3 Å². The SMILES string of the molecule is CCNC(=O)CN(CC)C(=O)N[C@@H](CCC(N)=O)C(=O)O. The van der Waals surface area contributed by atoms with Crippen LogP contribution in [0.4, 0.5) is 4.79 Å². The van der Waals surface area contributed by atoms with Crippen molar-refractivity contribution < 1.29 is 24.3 Å². The fraction of sp³-hybridized carbons (Fsp3) is 0.667. The van der Waals surface area contributed by atoms with Crippen LogP contribution in [-0.2, 0) is 14.4 Å². The maximum absolute atomic E-state index is 11.9. The highest BCUT2D eigenvalue weighted by Crippen LogP contribution is 2.00. The molecule has 0 radical (unpaired) electrons. The number of urea groups is 1. The van der Waals surface area contributed by atoms with Gasteiger partial charge in [0.1, 0.15) is 12.6 Å². The largest absolute Gasteiger partial charge is 0.480 e. The van der Waals surface area contributed by atoms with Gasteiger partial charge in [-0.15, -0.1) is 0 Å². The summed E-state index contributed by atoms with van der Waals surface area (Å²) in [6.07, 6.45) is -0.255. The molecule has 0 aliphatic heterocycles. The highest BCUT2D eigenvalue weighted by Gasteiger charge is 2.23. The maximum atomic E-state index is 11.9. The summed E-state index contributed by atoms with van der Waals surface area (Å²) in [4.78, 5) is 46.2. The van der Waals surface area contributed by atoms with Gasteiger partial charge in [-0.2, -0.15) is 0 Å². The average Bonchev–Trinajstić information content (AvgIpc) is 2.40. The highest BCUT2D eigenvalue weighted by atomic mass is 16.4. The summed E-state index contributed by atoms with van der Waals surface area (Å²) in [6, 6.07) is -1.91. The molecule has 0 bridgehead atoms. The molecule has 0 heterocycles. The van der Waals surface area contributed by atoms with Crippen molar-refractivity contribution in [2.45, 2.75) is 32.7 Å². The summed E-state index contributed by atoms with van der Waals surface area (Å²) in [5.74, 6) is -2.25. The van der Waals surface area contributed by atoms with E-state index < -0.39 is 23.9 Å². The number of carbonyl (C=O) groups excluding carboxylic acids is 3. The van der Waals surface area contributed by atoms with Crippen LogP contribution in [0, 0.1) is 0 Å². The van der Waals surface area contributed by atoms with Crippen molar-refractivity contribution >= 4 is 23.8 Å². The Kier molecular flexibility index (Phi) is 8.51. The Morgan fingerprint density at radius 3 is 2.29 bits per heavy atom. The lowest BCUT2D eigenvalue weighted by molar-refractivity contribution is -0.139. The van der Waals surface area contributed by atoms with Crippen molar-refractivity contribution in [3.63, 3.8) is 0 Å². The van der Waals surface area contributed by atoms with Crippen LogP contribution in [0.2, 0.25) is 0 Å². The molecule has 0 rings (SSSR count). The van der Waals surface area contributed by atoms with Crippen molar-refractivity contribution in [1.82, 2.24) is 15.5 Å². The number of hydrogen-bond acceptors (Lipinski definition) is 4. The minimum atomic E-state index is -1.27. The Morgan fingerprint density at radius 1 is 1.24 bits per heavy atom. The summed E-state index contributed by atoms with van der Waals surface area (Å²) in [5.41, 5.74) is 4.95. The first-order valence-electron chi connectivity index (χ1n) is 6.65. The molecule has 4 amide bonds. The molecule has 9 heteroatoms. The molecule has 0 aliphatic rings. The number of amides is 4. The lowest BCUT2D eigenvalue weighted by Crippen LogP contribution is -2.50. The molecular weight excluding hydrogens is 280 g/mol. The quantitative estimate of drug-likeness (QED) is 0.426. The second-order valence-corrected chi connectivity index (χ2v) is 4.31. The number of carboxylic acids is 1. The van der Waals surface area contributed by atoms with Crippen LogP contribution in [0.15, 0.2) is 0 Å². The number of carboxylic acid groups (broad SMARTS) is 1. The van der Waals surface area contributed by atoms with E-state index >= 15 is 0 Å². The molecule has 0 fully saturated rings. The van der Waals surface area contributed by atoms with Gasteiger partial charge in [-0.25, -0.2) is 9.59 Å². The molecule has 21 heavy (non-hydrogen) atoms. The smallest absolute Gasteiger partial charge is 0.326 e. The third-order valence-corrected chi connectivity index (χ3v) is 2.65. The summed E-state index contributed by atoms with van der Waals surface area (Å²) in [6.45, 7) is 3.92. The van der Waals surface area contributed by atoms with Gasteiger partial charge < -0.3 is 26.4 Å². The van der Waals surface area contributed by atoms with Gasteiger partial charge in [0.05, 0.1) is 0 Å². The van der Waals surface area contributed by atoms with Gasteiger partial charge in [-0.3, -0.25) is 9.59 Å². The Labute approximate surface area is 122 Å². The Bertz CT molecular complexity index is 399. The van der Waals surface area contributed by atoms with E-state index in [1.165, 1.54) is 4.90 Å². The van der Waals surface area contributed by atoms with E-state index in [1.54, 1.807) is 13.8 Å². The van der Waals surface area contributed by atoms with Crippen molar-refractivity contribution in [1.29, 1.82) is 0 Å². The third kappa shape index (κ3) is 7.75. The molecule has 0 spiro atoms. The zero-order valence-corrected chi connectivity index (χ0v) is 12.2. The first-order valence-corrected chi connectivity index (χ1v) is 6.65. The van der Waals surface area contributed by atoms with E-state index in [9.17, 15) is 19.2 Å². The van der Waals surface area contributed by atoms with Crippen molar-refractivity contribution in [2.24, 2.45) is 5.73 Å². The van der Waals surface area contributed by atoms with Gasteiger partial charge in [0.2, 0.25) is 11.8 Å². The van der Waals surface area contributed by atoms with Gasteiger partial charge >= 0.3 is 12.0 Å². The molecule has 0 aliphatic carbocycles. The molecule has 5 N–H and O–H groups in total. The number of aliphatic carboxylic acids is 1. The molecular formula is C12H22N4O5. The van der Waals surface area contributed by atoms with Gasteiger partial charge in [0, 0.05) is 19.5 Å². The van der Waals surface area contributed by atoms with Gasteiger partial charge in [0.15, 0.2) is 0 Å². The number of nitrogens with zero attached hydrogens (tertiary/aromatic N) is 1. The van der Waals surface area contributed by atoms with Crippen LogP contribution in [0.1, 0.15) is 26.7 Å². The van der Waals surface area contributed by atoms with Crippen LogP contribution in [0.3, 0.4) is 0 Å². The number of nitrogens with two attached hydrogens (primary N) is 1. The number of rotatable bonds is 9. The molecule has 0 saturated carbocycles. The zero-order chi connectivity index (χ0) is 16.4. The second kappa shape index (κ2) is 9.56. The molecule has 0 unspecified atom stereocenters. The number of carbonyl (C=O) groups is 4. The zero-order valence-electron chi connectivity index (χ0n) is 12.2. The third-order valence-electron chi connectivity index (χ3n) is 2.65. The lowest BCUT2D eigenvalue weighted by atomic mass is 10.1. The highest BCUT2D eigenvalue weighted by molar-refractivity contribution is 5.87. The first-order chi connectivity index (χ1) is 9.81. The molecule has 0 saturated heterocycles. The minimum Gasteiger partial charge on any atom is -0.480 e. The van der Waals surface area contributed by atoms with Crippen LogP contribution in [-0.4, -0.2) is 59.5 Å². The summed E-state index contributed by atoms with van der Waals surface area (Å²) >= 11 is 0. The molecule has 9 nitrogen and oxygen atoms in total. The average molecular weight is 302 g/mol. The van der Waals surface area contributed by atoms with Crippen LogP contribution in [0.5, 0.6) is 0 Å². The van der Waals surface area contributed by atoms with E-state index in [4.69, 9.17) is 10.8 Å². The van der Waals surface area contributed by atoms with Gasteiger partial charge in [-0.1, -0.05) is 0 Å². The molecule has 0 aromatic rings. The molecule has 0 aromatic heterocycles. The Balaban J connectivity index is 4.59. The fourth-order valence-corrected chi connectivity index (χ4v) is 1.54. The Morgan fingerprint density at radius 2 is 1.86 bits per heavy atom. The predicted molar refractivity (Wildman–Crippen MR) is 74.3 cm³/mol. The second-order valence-electron chi connectivity index (χ2n) is 4.31. The van der Waals surface area contributed by atoms with Crippen LogP contribution < -0.4 is 16.4 Å². The predicted octanol–water partition coefficient (Wildman–Crippen LogP) is -1.13. The standard InChI is InChI=1S/C12H22N4O5/c1-3-14-10(18)7-16(4-2)12(21)15-8(11(19)20)5-6-9(13)17/h8H,3-7H2,1-2H3,(H2,13,17)(H,14,18)(H,15,21)(H,19,20)/t8-/m0/s1. The first kappa shape index (κ1) is 18.7. The number of primary amides is 1. The van der Waals surface area contributed by atoms with Crippen LogP contribution in [0.25, 0.3) is 0 Å². The van der Waals surface area contributed by atoms with Crippen molar-refractivity contribution in [3.8, 4) is 0 Å². The van der Waals surface area contributed by atoms with E-state index in [0.717, 1.165) is 0 Å². The number of nitrogens with one attached hydrogen (secondary N) is 2. The van der Waals surface area contributed by atoms with E-state index in [0.29, 0.717) is 6.54 Å². The van der Waals surface area contributed by atoms with E-state index in [2.05, 4.69) is 10.6 Å². The maximum Gasteiger partial charge on any atom is 0.326 e. The van der Waals surface area contributed by atoms with Gasteiger partial charge in [0.25, 0.3) is 0 Å². The van der Waals surface area contributed by atoms with Crippen molar-refractivity contribution in [3.05, 3.63) is 0 Å². The molecule has 0 aromatic carbocycles. The minimum absolute atomic E-state index is 0.102. The Hall–Kier alpha value is -2.32. The molecule has 120 valence electrons. The van der Waals surface area contributed by atoms with Crippen molar-refractivity contribution in [2.75, 3.05) is 19.6 Å².